The average Bonchev–Trinajstić information content (AvgIpc) is 2.46. The molecule has 114 valence electrons. The van der Waals surface area contributed by atoms with Crippen molar-refractivity contribution < 1.29 is 19.4 Å². The second-order valence-corrected chi connectivity index (χ2v) is 5.40. The Labute approximate surface area is 122 Å². The number of nitrogens with two attached hydrogens (primary N) is 1. The fourth-order valence-electron chi connectivity index (χ4n) is 2.75. The van der Waals surface area contributed by atoms with E-state index in [1.54, 1.807) is 6.07 Å². The summed E-state index contributed by atoms with van der Waals surface area (Å²) in [5, 5.41) is 12.1. The predicted octanol–water partition coefficient (Wildman–Crippen LogP) is 0.186. The van der Waals surface area contributed by atoms with Crippen LogP contribution in [0.1, 0.15) is 6.92 Å². The number of aliphatic hydroxyl groups excluding tert-OH is 1. The van der Waals surface area contributed by atoms with Crippen LogP contribution in [0.5, 0.6) is 5.75 Å². The number of nitrogen functional groups attached to an aromatic ring is 1. The van der Waals surface area contributed by atoms with Crippen molar-refractivity contribution in [3.63, 3.8) is 0 Å². The third kappa shape index (κ3) is 2.74. The van der Waals surface area contributed by atoms with E-state index in [0.29, 0.717) is 30.2 Å². The summed E-state index contributed by atoms with van der Waals surface area (Å²) < 4.78 is 11.0. The van der Waals surface area contributed by atoms with E-state index >= 15 is 0 Å². The highest BCUT2D eigenvalue weighted by molar-refractivity contribution is 5.97. The molecule has 3 rings (SSSR count). The zero-order chi connectivity index (χ0) is 15.0. The highest BCUT2D eigenvalue weighted by atomic mass is 16.5. The molecule has 0 spiro atoms. The number of nitrogens with zero attached hydrogens (tertiary/aromatic N) is 1. The van der Waals surface area contributed by atoms with E-state index in [2.05, 4.69) is 10.2 Å². The van der Waals surface area contributed by atoms with Gasteiger partial charge in [-0.2, -0.15) is 0 Å². The highest BCUT2D eigenvalue weighted by Crippen LogP contribution is 2.37. The van der Waals surface area contributed by atoms with Crippen LogP contribution in [0.25, 0.3) is 0 Å². The predicted molar refractivity (Wildman–Crippen MR) is 78.6 cm³/mol. The number of rotatable bonds is 2. The first-order valence-electron chi connectivity index (χ1n) is 6.94. The lowest BCUT2D eigenvalue weighted by Gasteiger charge is -2.38. The summed E-state index contributed by atoms with van der Waals surface area (Å²) in [6, 6.07) is 3.53. The van der Waals surface area contributed by atoms with Crippen molar-refractivity contribution in [2.24, 2.45) is 0 Å². The van der Waals surface area contributed by atoms with Crippen LogP contribution in [0.3, 0.4) is 0 Å². The first-order valence-corrected chi connectivity index (χ1v) is 6.94. The second-order valence-electron chi connectivity index (χ2n) is 5.40. The number of ether oxygens (including phenoxy) is 2. The molecule has 2 unspecified atom stereocenters. The number of nitrogens with one attached hydrogen (secondary N) is 1. The summed E-state index contributed by atoms with van der Waals surface area (Å²) in [5.41, 5.74) is 8.12. The molecule has 4 N–H and O–H groups in total. The molecule has 0 radical (unpaired) electrons. The van der Waals surface area contributed by atoms with Gasteiger partial charge in [-0.15, -0.1) is 0 Å². The monoisotopic (exact) mass is 293 g/mol. The van der Waals surface area contributed by atoms with Crippen LogP contribution in [-0.4, -0.2) is 49.5 Å². The van der Waals surface area contributed by atoms with E-state index in [-0.39, 0.29) is 31.3 Å². The maximum Gasteiger partial charge on any atom is 0.262 e. The quantitative estimate of drug-likeness (QED) is 0.673. The molecule has 1 amide bonds. The first kappa shape index (κ1) is 14.0. The van der Waals surface area contributed by atoms with Crippen molar-refractivity contribution in [3.8, 4) is 5.75 Å². The van der Waals surface area contributed by atoms with Gasteiger partial charge in [-0.05, 0) is 13.0 Å². The van der Waals surface area contributed by atoms with Gasteiger partial charge in [0.25, 0.3) is 5.91 Å². The SMILES string of the molecule is CC1CN(c2cc3c(cc2N)OCC(=O)N3)CC(CO)O1. The second kappa shape index (κ2) is 5.42. The first-order chi connectivity index (χ1) is 10.1. The molecule has 1 saturated heterocycles. The number of fused-ring (bicyclic) bond motifs is 1. The number of amides is 1. The molecule has 21 heavy (non-hydrogen) atoms. The molecular formula is C14H19N3O4. The molecule has 1 aromatic rings. The van der Waals surface area contributed by atoms with Gasteiger partial charge < -0.3 is 30.5 Å². The van der Waals surface area contributed by atoms with Crippen molar-refractivity contribution >= 4 is 23.0 Å². The minimum Gasteiger partial charge on any atom is -0.482 e. The molecule has 0 aromatic heterocycles. The van der Waals surface area contributed by atoms with Gasteiger partial charge in [-0.3, -0.25) is 4.79 Å². The van der Waals surface area contributed by atoms with Crippen LogP contribution < -0.4 is 20.7 Å². The number of carbonyl (C=O) groups excluding carboxylic acids is 1. The number of benzene rings is 1. The Morgan fingerprint density at radius 2 is 2.29 bits per heavy atom. The molecule has 1 aromatic carbocycles. The molecule has 7 heteroatoms. The molecule has 0 bridgehead atoms. The maximum atomic E-state index is 11.4. The molecule has 2 atom stereocenters. The van der Waals surface area contributed by atoms with E-state index < -0.39 is 0 Å². The highest BCUT2D eigenvalue weighted by Gasteiger charge is 2.27. The lowest BCUT2D eigenvalue weighted by Crippen LogP contribution is -2.48. The number of anilines is 3. The molecule has 2 aliphatic heterocycles. The molecular weight excluding hydrogens is 274 g/mol. The van der Waals surface area contributed by atoms with Gasteiger partial charge in [-0.25, -0.2) is 0 Å². The van der Waals surface area contributed by atoms with Crippen LogP contribution in [0.2, 0.25) is 0 Å². The Bertz CT molecular complexity index is 563. The fourth-order valence-corrected chi connectivity index (χ4v) is 2.75. The minimum atomic E-state index is -0.241. The van der Waals surface area contributed by atoms with Crippen molar-refractivity contribution in [1.29, 1.82) is 0 Å². The van der Waals surface area contributed by atoms with E-state index in [1.807, 2.05) is 13.0 Å². The molecule has 2 heterocycles. The number of carbonyl (C=O) groups is 1. The van der Waals surface area contributed by atoms with Crippen LogP contribution in [0.4, 0.5) is 17.1 Å². The van der Waals surface area contributed by atoms with E-state index in [0.717, 1.165) is 5.69 Å². The number of hydrogen-bond acceptors (Lipinski definition) is 6. The minimum absolute atomic E-state index is 0.00262. The zero-order valence-electron chi connectivity index (χ0n) is 11.8. The van der Waals surface area contributed by atoms with Gasteiger partial charge in [0.2, 0.25) is 0 Å². The molecule has 0 saturated carbocycles. The molecule has 1 fully saturated rings. The van der Waals surface area contributed by atoms with Gasteiger partial charge >= 0.3 is 0 Å². The summed E-state index contributed by atoms with van der Waals surface area (Å²) in [5.74, 6) is 0.401. The van der Waals surface area contributed by atoms with Crippen molar-refractivity contribution in [1.82, 2.24) is 0 Å². The molecule has 2 aliphatic rings. The van der Waals surface area contributed by atoms with Crippen molar-refractivity contribution in [2.75, 3.05) is 42.3 Å². The van der Waals surface area contributed by atoms with E-state index in [1.165, 1.54) is 0 Å². The topological polar surface area (TPSA) is 97.0 Å². The largest absolute Gasteiger partial charge is 0.482 e. The number of morpholine rings is 1. The van der Waals surface area contributed by atoms with E-state index in [9.17, 15) is 9.90 Å². The van der Waals surface area contributed by atoms with Crippen LogP contribution in [0, 0.1) is 0 Å². The van der Waals surface area contributed by atoms with Crippen LogP contribution in [0.15, 0.2) is 12.1 Å². The number of hydrogen-bond donors (Lipinski definition) is 3. The summed E-state index contributed by atoms with van der Waals surface area (Å²) in [6.45, 7) is 3.15. The van der Waals surface area contributed by atoms with Crippen molar-refractivity contribution in [3.05, 3.63) is 12.1 Å². The summed E-state index contributed by atoms with van der Waals surface area (Å²) >= 11 is 0. The van der Waals surface area contributed by atoms with Gasteiger partial charge in [0.15, 0.2) is 6.61 Å². The lowest BCUT2D eigenvalue weighted by molar-refractivity contribution is -0.118. The molecule has 7 nitrogen and oxygen atoms in total. The average molecular weight is 293 g/mol. The number of aliphatic hydroxyl groups is 1. The smallest absolute Gasteiger partial charge is 0.262 e. The van der Waals surface area contributed by atoms with Gasteiger partial charge in [0, 0.05) is 19.2 Å². The Balaban J connectivity index is 1.91. The Morgan fingerprint density at radius 3 is 3.05 bits per heavy atom. The van der Waals surface area contributed by atoms with Crippen molar-refractivity contribution in [2.45, 2.75) is 19.1 Å². The zero-order valence-corrected chi connectivity index (χ0v) is 11.8. The third-order valence-corrected chi connectivity index (χ3v) is 3.63. The normalized spacial score (nSPS) is 25.0. The summed E-state index contributed by atoms with van der Waals surface area (Å²) in [7, 11) is 0. The fraction of sp³-hybridized carbons (Fsp3) is 0.500. The Morgan fingerprint density at radius 1 is 1.48 bits per heavy atom. The summed E-state index contributed by atoms with van der Waals surface area (Å²) in [4.78, 5) is 13.5. The van der Waals surface area contributed by atoms with Gasteiger partial charge in [0.1, 0.15) is 5.75 Å². The third-order valence-electron chi connectivity index (χ3n) is 3.63. The lowest BCUT2D eigenvalue weighted by atomic mass is 10.1. The van der Waals surface area contributed by atoms with E-state index in [4.69, 9.17) is 15.2 Å². The van der Waals surface area contributed by atoms with Gasteiger partial charge in [-0.1, -0.05) is 0 Å². The van der Waals surface area contributed by atoms with Gasteiger partial charge in [0.05, 0.1) is 35.9 Å². The van der Waals surface area contributed by atoms with Crippen LogP contribution in [-0.2, 0) is 9.53 Å². The Hall–Kier alpha value is -1.99. The van der Waals surface area contributed by atoms with Crippen LogP contribution >= 0.6 is 0 Å². The summed E-state index contributed by atoms with van der Waals surface area (Å²) in [6.07, 6.45) is -0.243. The standard InChI is InChI=1S/C14H19N3O4/c1-8-4-17(5-9(6-18)21-8)12-3-11-13(2-10(12)15)20-7-14(19)16-11/h2-3,8-9,18H,4-7,15H2,1H3,(H,16,19). The molecule has 0 aliphatic carbocycles. The maximum absolute atomic E-state index is 11.4. The Kier molecular flexibility index (Phi) is 3.60.